The van der Waals surface area contributed by atoms with E-state index in [1.807, 2.05) is 6.92 Å². The molecule has 218 valence electrons. The molecule has 8 heteroatoms. The second-order valence-corrected chi connectivity index (χ2v) is 10.0. The molecule has 0 bridgehead atoms. The maximum absolute atomic E-state index is 14.3. The molecular formula is C32H43BF3NO3. The van der Waals surface area contributed by atoms with E-state index < -0.39 is 36.3 Å². The van der Waals surface area contributed by atoms with Gasteiger partial charge in [0, 0.05) is 5.92 Å². The number of halogens is 3. The highest BCUT2D eigenvalue weighted by atomic mass is 19.1. The first-order chi connectivity index (χ1) is 19.1. The average Bonchev–Trinajstić information content (AvgIpc) is 2.94. The number of nitrogens with zero attached hydrogens (tertiary/aromatic N) is 1. The zero-order valence-electron chi connectivity index (χ0n) is 24.4. The Labute approximate surface area is 238 Å². The maximum atomic E-state index is 14.3. The van der Waals surface area contributed by atoms with Crippen LogP contribution in [-0.2, 0) is 10.3 Å². The minimum absolute atomic E-state index is 0.221. The van der Waals surface area contributed by atoms with Crippen LogP contribution in [0.2, 0.25) is 0 Å². The van der Waals surface area contributed by atoms with Crippen molar-refractivity contribution in [1.29, 1.82) is 0 Å². The Morgan fingerprint density at radius 2 is 1.23 bits per heavy atom. The smallest absolute Gasteiger partial charge is 0.343 e. The summed E-state index contributed by atoms with van der Waals surface area (Å²) < 4.78 is 49.6. The van der Waals surface area contributed by atoms with Crippen LogP contribution in [0, 0.1) is 17.5 Å². The van der Waals surface area contributed by atoms with Gasteiger partial charge in [0.05, 0.1) is 26.2 Å². The predicted octanol–water partition coefficient (Wildman–Crippen LogP) is 6.56. The van der Waals surface area contributed by atoms with Gasteiger partial charge in [0.1, 0.15) is 23.1 Å². The van der Waals surface area contributed by atoms with E-state index in [-0.39, 0.29) is 11.1 Å². The summed E-state index contributed by atoms with van der Waals surface area (Å²) in [4.78, 5) is 0. The topological polar surface area (TPSA) is 52.5 Å². The summed E-state index contributed by atoms with van der Waals surface area (Å²) in [5.41, 5.74) is -0.826. The van der Waals surface area contributed by atoms with Gasteiger partial charge in [-0.15, -0.1) is 0 Å². The van der Waals surface area contributed by atoms with Crippen molar-refractivity contribution in [3.8, 4) is 0 Å². The van der Waals surface area contributed by atoms with Gasteiger partial charge in [-0.05, 0) is 87.2 Å². The third-order valence-electron chi connectivity index (χ3n) is 8.07. The minimum Gasteiger partial charge on any atom is -0.832 e. The molecule has 0 aliphatic heterocycles. The van der Waals surface area contributed by atoms with Gasteiger partial charge in [0.2, 0.25) is 0 Å². The molecule has 0 aromatic heterocycles. The lowest BCUT2D eigenvalue weighted by Gasteiger charge is -2.45. The summed E-state index contributed by atoms with van der Waals surface area (Å²) in [6, 6.07) is 16.6. The molecule has 3 aromatic carbocycles. The second-order valence-electron chi connectivity index (χ2n) is 10.0. The highest BCUT2D eigenvalue weighted by Gasteiger charge is 2.44. The van der Waals surface area contributed by atoms with Crippen molar-refractivity contribution in [2.75, 3.05) is 26.2 Å². The van der Waals surface area contributed by atoms with E-state index >= 15 is 0 Å². The molecule has 40 heavy (non-hydrogen) atoms. The van der Waals surface area contributed by atoms with Gasteiger partial charge in [-0.3, -0.25) is 0 Å². The lowest BCUT2D eigenvalue weighted by atomic mass is 9.70. The van der Waals surface area contributed by atoms with Gasteiger partial charge < -0.3 is 19.2 Å². The van der Waals surface area contributed by atoms with Crippen molar-refractivity contribution in [2.45, 2.75) is 65.4 Å². The Morgan fingerprint density at radius 3 is 1.57 bits per heavy atom. The molecule has 0 radical (unpaired) electrons. The monoisotopic (exact) mass is 557 g/mol. The van der Waals surface area contributed by atoms with Gasteiger partial charge >= 0.3 is 7.32 Å². The molecule has 0 heterocycles. The number of rotatable bonds is 13. The van der Waals surface area contributed by atoms with Crippen LogP contribution in [0.25, 0.3) is 0 Å². The Hall–Kier alpha value is -2.65. The van der Waals surface area contributed by atoms with E-state index in [4.69, 9.17) is 4.65 Å². The van der Waals surface area contributed by atoms with Crippen LogP contribution >= 0.6 is 0 Å². The summed E-state index contributed by atoms with van der Waals surface area (Å²) in [7, 11) is -2.50. The first kappa shape index (κ1) is 33.6. The van der Waals surface area contributed by atoms with Gasteiger partial charge in [-0.25, -0.2) is 13.2 Å². The molecule has 0 fully saturated rings. The van der Waals surface area contributed by atoms with Crippen molar-refractivity contribution in [3.63, 3.8) is 0 Å². The van der Waals surface area contributed by atoms with Crippen LogP contribution in [0.5, 0.6) is 0 Å². The van der Waals surface area contributed by atoms with Gasteiger partial charge in [0.25, 0.3) is 0 Å². The maximum Gasteiger partial charge on any atom is 0.343 e. The van der Waals surface area contributed by atoms with E-state index in [1.165, 1.54) is 85.3 Å². The summed E-state index contributed by atoms with van der Waals surface area (Å²) in [5.74, 6) is -2.38. The summed E-state index contributed by atoms with van der Waals surface area (Å²) in [6.45, 7) is 16.2. The lowest BCUT2D eigenvalue weighted by Crippen LogP contribution is -2.48. The fraction of sp³-hybridized carbons (Fsp3) is 0.438. The molecule has 0 saturated heterocycles. The largest absolute Gasteiger partial charge is 0.832 e. The summed E-state index contributed by atoms with van der Waals surface area (Å²) >= 11 is 0. The highest BCUT2D eigenvalue weighted by Crippen LogP contribution is 2.48. The molecule has 0 saturated carbocycles. The molecule has 0 spiro atoms. The molecule has 4 nitrogen and oxygen atoms in total. The number of hydrogen-bond acceptors (Lipinski definition) is 3. The molecule has 3 aromatic rings. The van der Waals surface area contributed by atoms with Crippen LogP contribution in [0.4, 0.5) is 13.2 Å². The quantitative estimate of drug-likeness (QED) is 0.191. The third kappa shape index (κ3) is 8.43. The van der Waals surface area contributed by atoms with Crippen LogP contribution in [0.15, 0.2) is 72.8 Å². The standard InChI is InChI=1S/C24H23BF3O3.C8H20N/c1-2-3-13-23(17-7-4-10-20(26)14-17)24(31-25(29)30,18-8-5-11-21(27)15-18)19-9-6-12-22(28)16-19;1-5-9(6-2,7-3)8-4/h4-12,14-16,23,29H,2-3,13H2,1H3;5-8H2,1-4H3/q-1;+1. The molecule has 1 atom stereocenters. The molecule has 0 aliphatic carbocycles. The lowest BCUT2D eigenvalue weighted by molar-refractivity contribution is -0.921. The van der Waals surface area contributed by atoms with Crippen LogP contribution in [-0.4, -0.2) is 43.0 Å². The number of benzene rings is 3. The molecule has 1 unspecified atom stereocenters. The van der Waals surface area contributed by atoms with E-state index in [2.05, 4.69) is 27.7 Å². The fourth-order valence-corrected chi connectivity index (χ4v) is 5.46. The van der Waals surface area contributed by atoms with Gasteiger partial charge in [0.15, 0.2) is 0 Å². The van der Waals surface area contributed by atoms with Crippen molar-refractivity contribution < 1.29 is 32.4 Å². The zero-order chi connectivity index (χ0) is 29.8. The highest BCUT2D eigenvalue weighted by molar-refractivity contribution is 6.30. The second kappa shape index (κ2) is 16.0. The van der Waals surface area contributed by atoms with E-state index in [0.29, 0.717) is 18.4 Å². The van der Waals surface area contributed by atoms with Crippen LogP contribution in [0.3, 0.4) is 0 Å². The van der Waals surface area contributed by atoms with E-state index in [0.717, 1.165) is 6.42 Å². The van der Waals surface area contributed by atoms with Crippen molar-refractivity contribution in [3.05, 3.63) is 107 Å². The Balaban J connectivity index is 0.000000536. The van der Waals surface area contributed by atoms with Gasteiger partial charge in [-0.1, -0.05) is 56.2 Å². The van der Waals surface area contributed by atoms with Crippen LogP contribution in [0.1, 0.15) is 76.5 Å². The van der Waals surface area contributed by atoms with Gasteiger partial charge in [-0.2, -0.15) is 0 Å². The normalized spacial score (nSPS) is 12.4. The van der Waals surface area contributed by atoms with Crippen molar-refractivity contribution in [2.24, 2.45) is 0 Å². The third-order valence-corrected chi connectivity index (χ3v) is 8.07. The fourth-order valence-electron chi connectivity index (χ4n) is 5.46. The Morgan fingerprint density at radius 1 is 0.775 bits per heavy atom. The Kier molecular flexibility index (Phi) is 13.4. The number of hydrogen-bond donors (Lipinski definition) is 1. The first-order valence-electron chi connectivity index (χ1n) is 14.3. The molecular weight excluding hydrogens is 514 g/mol. The van der Waals surface area contributed by atoms with Crippen LogP contribution < -0.4 is 5.02 Å². The first-order valence-corrected chi connectivity index (χ1v) is 14.3. The van der Waals surface area contributed by atoms with Crippen molar-refractivity contribution in [1.82, 2.24) is 0 Å². The zero-order valence-corrected chi connectivity index (χ0v) is 24.4. The average molecular weight is 558 g/mol. The molecule has 0 aliphatic rings. The minimum atomic E-state index is -2.50. The van der Waals surface area contributed by atoms with E-state index in [9.17, 15) is 23.2 Å². The molecule has 3 rings (SSSR count). The predicted molar refractivity (Wildman–Crippen MR) is 154 cm³/mol. The number of quaternary nitrogens is 1. The summed E-state index contributed by atoms with van der Waals surface area (Å²) in [6.07, 6.45) is 1.87. The number of unbranched alkanes of at least 4 members (excludes halogenated alkanes) is 1. The summed E-state index contributed by atoms with van der Waals surface area (Å²) in [5, 5.41) is 21.8. The SMILES string of the molecule is CCCCC(c1cccc(F)c1)C(OB([O-])O)(c1cccc(F)c1)c1cccc(F)c1.CC[N+](CC)(CC)CC. The Bertz CT molecular complexity index is 1110. The van der Waals surface area contributed by atoms with E-state index in [1.54, 1.807) is 18.2 Å². The molecule has 0 amide bonds. The molecule has 1 N–H and O–H groups in total. The van der Waals surface area contributed by atoms with Crippen molar-refractivity contribution >= 4 is 7.32 Å².